The summed E-state index contributed by atoms with van der Waals surface area (Å²) in [6.07, 6.45) is 0. The summed E-state index contributed by atoms with van der Waals surface area (Å²) in [6.45, 7) is 7.14. The normalized spacial score (nSPS) is 12.3. The largest absolute Gasteiger partial charge is 0.494 e. The van der Waals surface area contributed by atoms with Gasteiger partial charge >= 0.3 is 0 Å². The highest BCUT2D eigenvalue weighted by molar-refractivity contribution is 7.92. The smallest absolute Gasteiger partial charge is 0.264 e. The van der Waals surface area contributed by atoms with Crippen LogP contribution >= 0.6 is 0 Å². The van der Waals surface area contributed by atoms with Crippen LogP contribution in [0.15, 0.2) is 27.6 Å². The monoisotopic (exact) mass is 342 g/mol. The topological polar surface area (TPSA) is 81.4 Å². The minimum Gasteiger partial charge on any atom is -0.494 e. The van der Waals surface area contributed by atoms with Crippen molar-refractivity contribution >= 4 is 15.9 Å². The van der Waals surface area contributed by atoms with E-state index in [1.165, 1.54) is 32.2 Å². The lowest BCUT2D eigenvalue weighted by molar-refractivity contribution is 0.384. The van der Waals surface area contributed by atoms with Crippen LogP contribution in [-0.4, -0.2) is 20.7 Å². The molecule has 0 amide bonds. The summed E-state index contributed by atoms with van der Waals surface area (Å²) in [5.41, 5.74) is 0.287. The van der Waals surface area contributed by atoms with E-state index < -0.39 is 15.8 Å². The van der Waals surface area contributed by atoms with Gasteiger partial charge in [0.25, 0.3) is 10.0 Å². The Labute approximate surface area is 134 Å². The molecule has 1 heterocycles. The number of hydrogen-bond acceptors (Lipinski definition) is 5. The number of methoxy groups -OCH3 is 1. The van der Waals surface area contributed by atoms with Crippen LogP contribution < -0.4 is 9.46 Å². The first-order valence-electron chi connectivity index (χ1n) is 6.89. The fraction of sp³-hybridized carbons (Fsp3) is 0.400. The Morgan fingerprint density at radius 2 is 1.96 bits per heavy atom. The lowest BCUT2D eigenvalue weighted by atomic mass is 9.92. The molecule has 126 valence electrons. The summed E-state index contributed by atoms with van der Waals surface area (Å²) < 4.78 is 51.0. The minimum absolute atomic E-state index is 0.0175. The highest BCUT2D eigenvalue weighted by Crippen LogP contribution is 2.29. The summed E-state index contributed by atoms with van der Waals surface area (Å²) in [7, 11) is -2.69. The van der Waals surface area contributed by atoms with Gasteiger partial charge in [-0.05, 0) is 19.1 Å². The van der Waals surface area contributed by atoms with Crippen molar-refractivity contribution < 1.29 is 22.1 Å². The van der Waals surface area contributed by atoms with Gasteiger partial charge in [-0.3, -0.25) is 0 Å². The van der Waals surface area contributed by atoms with Gasteiger partial charge in [0.15, 0.2) is 11.6 Å². The SMILES string of the molecule is COc1ccc(S(=O)(=O)Nc2cc(C(C)(C)C)no2)c(C)c1F. The predicted octanol–water partition coefficient (Wildman–Crippen LogP) is 3.23. The number of aromatic nitrogens is 1. The van der Waals surface area contributed by atoms with Crippen LogP contribution in [0.1, 0.15) is 32.0 Å². The maximum absolute atomic E-state index is 14.0. The zero-order chi connectivity index (χ0) is 17.4. The number of nitrogens with zero attached hydrogens (tertiary/aromatic N) is 1. The fourth-order valence-corrected chi connectivity index (χ4v) is 3.17. The third-order valence-electron chi connectivity index (χ3n) is 3.32. The van der Waals surface area contributed by atoms with Gasteiger partial charge in [-0.15, -0.1) is 0 Å². The van der Waals surface area contributed by atoms with E-state index in [2.05, 4.69) is 9.88 Å². The molecule has 0 spiro atoms. The fourth-order valence-electron chi connectivity index (χ4n) is 1.96. The molecule has 6 nitrogen and oxygen atoms in total. The van der Waals surface area contributed by atoms with Crippen molar-refractivity contribution in [3.63, 3.8) is 0 Å². The van der Waals surface area contributed by atoms with Crippen LogP contribution in [-0.2, 0) is 15.4 Å². The van der Waals surface area contributed by atoms with E-state index in [1.54, 1.807) is 0 Å². The lowest BCUT2D eigenvalue weighted by Gasteiger charge is -2.12. The van der Waals surface area contributed by atoms with Gasteiger partial charge < -0.3 is 9.26 Å². The molecule has 8 heteroatoms. The Morgan fingerprint density at radius 3 is 2.48 bits per heavy atom. The molecule has 0 saturated heterocycles. The summed E-state index contributed by atoms with van der Waals surface area (Å²) >= 11 is 0. The van der Waals surface area contributed by atoms with Crippen molar-refractivity contribution in [2.75, 3.05) is 11.8 Å². The molecule has 0 radical (unpaired) electrons. The van der Waals surface area contributed by atoms with E-state index in [0.717, 1.165) is 0 Å². The van der Waals surface area contributed by atoms with Gasteiger partial charge in [0.05, 0.1) is 17.7 Å². The zero-order valence-electron chi connectivity index (χ0n) is 13.6. The van der Waals surface area contributed by atoms with Gasteiger partial charge in [-0.2, -0.15) is 0 Å². The number of hydrogen-bond donors (Lipinski definition) is 1. The number of ether oxygens (including phenoxy) is 1. The third kappa shape index (κ3) is 3.47. The summed E-state index contributed by atoms with van der Waals surface area (Å²) in [4.78, 5) is -0.190. The number of sulfonamides is 1. The first-order valence-corrected chi connectivity index (χ1v) is 8.37. The molecular formula is C15H19FN2O4S. The molecule has 1 N–H and O–H groups in total. The Morgan fingerprint density at radius 1 is 1.30 bits per heavy atom. The van der Waals surface area contributed by atoms with Crippen LogP contribution in [0.2, 0.25) is 0 Å². The average molecular weight is 342 g/mol. The maximum Gasteiger partial charge on any atom is 0.264 e. The van der Waals surface area contributed by atoms with E-state index in [1.807, 2.05) is 20.8 Å². The second-order valence-corrected chi connectivity index (χ2v) is 7.79. The molecule has 0 atom stereocenters. The molecule has 23 heavy (non-hydrogen) atoms. The summed E-state index contributed by atoms with van der Waals surface area (Å²) in [5, 5.41) is 3.84. The second-order valence-electron chi connectivity index (χ2n) is 6.14. The molecular weight excluding hydrogens is 323 g/mol. The molecule has 0 unspecified atom stereocenters. The maximum atomic E-state index is 14.0. The first-order chi connectivity index (χ1) is 10.6. The standard InChI is InChI=1S/C15H19FN2O4S/c1-9-11(7-6-10(21-5)14(9)16)23(19,20)18-13-8-12(17-22-13)15(2,3)4/h6-8,18H,1-5H3. The van der Waals surface area contributed by atoms with Gasteiger partial charge in [-0.25, -0.2) is 17.5 Å². The number of benzene rings is 1. The van der Waals surface area contributed by atoms with Crippen molar-refractivity contribution in [2.24, 2.45) is 0 Å². The first kappa shape index (κ1) is 17.3. The Hall–Kier alpha value is -2.09. The molecule has 1 aromatic heterocycles. The Kier molecular flexibility index (Phi) is 4.39. The molecule has 2 rings (SSSR count). The highest BCUT2D eigenvalue weighted by Gasteiger charge is 2.25. The van der Waals surface area contributed by atoms with Crippen molar-refractivity contribution in [3.8, 4) is 5.75 Å². The van der Waals surface area contributed by atoms with E-state index in [9.17, 15) is 12.8 Å². The van der Waals surface area contributed by atoms with Crippen LogP contribution in [0.5, 0.6) is 5.75 Å². The van der Waals surface area contributed by atoms with Crippen molar-refractivity contribution in [1.82, 2.24) is 5.16 Å². The van der Waals surface area contributed by atoms with Crippen LogP contribution in [0.4, 0.5) is 10.3 Å². The van der Waals surface area contributed by atoms with Crippen LogP contribution in [0.3, 0.4) is 0 Å². The van der Waals surface area contributed by atoms with Crippen LogP contribution in [0, 0.1) is 12.7 Å². The van der Waals surface area contributed by atoms with Gasteiger partial charge in [0, 0.05) is 17.0 Å². The highest BCUT2D eigenvalue weighted by atomic mass is 32.2. The van der Waals surface area contributed by atoms with Crippen LogP contribution in [0.25, 0.3) is 0 Å². The molecule has 0 aliphatic rings. The van der Waals surface area contributed by atoms with E-state index in [4.69, 9.17) is 9.26 Å². The Balaban J connectivity index is 2.36. The van der Waals surface area contributed by atoms with Crippen molar-refractivity contribution in [1.29, 1.82) is 0 Å². The van der Waals surface area contributed by atoms with Crippen molar-refractivity contribution in [3.05, 3.63) is 35.3 Å². The molecule has 0 saturated carbocycles. The lowest BCUT2D eigenvalue weighted by Crippen LogP contribution is -2.15. The molecule has 0 aliphatic carbocycles. The molecule has 0 bridgehead atoms. The zero-order valence-corrected chi connectivity index (χ0v) is 14.4. The van der Waals surface area contributed by atoms with Crippen molar-refractivity contribution in [2.45, 2.75) is 38.0 Å². The number of nitrogens with one attached hydrogen (secondary N) is 1. The molecule has 2 aromatic rings. The third-order valence-corrected chi connectivity index (χ3v) is 4.82. The minimum atomic E-state index is -4.00. The summed E-state index contributed by atoms with van der Waals surface area (Å²) in [6, 6.07) is 4.05. The molecule has 0 fully saturated rings. The van der Waals surface area contributed by atoms with E-state index in [-0.39, 0.29) is 27.5 Å². The molecule has 1 aromatic carbocycles. The second kappa shape index (κ2) is 5.84. The number of rotatable bonds is 4. The number of anilines is 1. The molecule has 0 aliphatic heterocycles. The van der Waals surface area contributed by atoms with E-state index >= 15 is 0 Å². The average Bonchev–Trinajstić information content (AvgIpc) is 2.89. The number of halogens is 1. The quantitative estimate of drug-likeness (QED) is 0.922. The van der Waals surface area contributed by atoms with Gasteiger partial charge in [0.2, 0.25) is 5.88 Å². The summed E-state index contributed by atoms with van der Waals surface area (Å²) in [5.74, 6) is -0.759. The van der Waals surface area contributed by atoms with Gasteiger partial charge in [-0.1, -0.05) is 25.9 Å². The predicted molar refractivity (Wildman–Crippen MR) is 83.7 cm³/mol. The van der Waals surface area contributed by atoms with E-state index in [0.29, 0.717) is 5.69 Å². The van der Waals surface area contributed by atoms with Gasteiger partial charge in [0.1, 0.15) is 0 Å². The Bertz CT molecular complexity index is 822.